The third-order valence-electron chi connectivity index (χ3n) is 5.04. The molecule has 0 bridgehead atoms. The first-order valence-electron chi connectivity index (χ1n) is 10.4. The summed E-state index contributed by atoms with van der Waals surface area (Å²) in [6, 6.07) is 19.9. The minimum Gasteiger partial charge on any atom is -0.497 e. The van der Waals surface area contributed by atoms with Gasteiger partial charge in [0.2, 0.25) is 0 Å². The zero-order valence-electron chi connectivity index (χ0n) is 18.6. The van der Waals surface area contributed by atoms with Crippen LogP contribution in [0.2, 0.25) is 0 Å². The van der Waals surface area contributed by atoms with Crippen molar-refractivity contribution >= 4 is 11.6 Å². The number of nitrogens with one attached hydrogen (secondary N) is 1. The Bertz CT molecular complexity index is 1370. The standard InChI is InChI=1S/C26H21N5O3/c1-33-21-12-17(11-20(15-21)30-26(32)23-5-3-4-9-28-23)13-25-29-10-8-22(31-25)18-6-7-24(34-2)19(14-18)16-27/h3-12,14-15H,13H2,1-2H3,(H,30,32). The second-order valence-electron chi connectivity index (χ2n) is 7.30. The van der Waals surface area contributed by atoms with Crippen molar-refractivity contribution in [3.05, 3.63) is 95.7 Å². The van der Waals surface area contributed by atoms with Gasteiger partial charge in [0.05, 0.1) is 25.5 Å². The Hall–Kier alpha value is -4.77. The summed E-state index contributed by atoms with van der Waals surface area (Å²) in [7, 11) is 3.09. The first kappa shape index (κ1) is 22.4. The molecule has 0 radical (unpaired) electrons. The number of benzene rings is 2. The van der Waals surface area contributed by atoms with Gasteiger partial charge in [0, 0.05) is 36.1 Å². The summed E-state index contributed by atoms with van der Waals surface area (Å²) in [5.41, 5.74) is 3.67. The Labute approximate surface area is 196 Å². The Morgan fingerprint density at radius 2 is 1.88 bits per heavy atom. The molecule has 0 aliphatic rings. The van der Waals surface area contributed by atoms with E-state index in [2.05, 4.69) is 26.3 Å². The Morgan fingerprint density at radius 1 is 1.00 bits per heavy atom. The van der Waals surface area contributed by atoms with Crippen molar-refractivity contribution in [2.45, 2.75) is 6.42 Å². The molecule has 168 valence electrons. The molecular formula is C26H21N5O3. The van der Waals surface area contributed by atoms with Gasteiger partial charge >= 0.3 is 0 Å². The Kier molecular flexibility index (Phi) is 6.75. The van der Waals surface area contributed by atoms with Gasteiger partial charge in [0.25, 0.3) is 5.91 Å². The average Bonchev–Trinajstić information content (AvgIpc) is 2.88. The van der Waals surface area contributed by atoms with Crippen molar-refractivity contribution in [2.75, 3.05) is 19.5 Å². The van der Waals surface area contributed by atoms with E-state index >= 15 is 0 Å². The molecule has 0 fully saturated rings. The van der Waals surface area contributed by atoms with Crippen molar-refractivity contribution in [1.29, 1.82) is 5.26 Å². The van der Waals surface area contributed by atoms with Crippen molar-refractivity contribution in [1.82, 2.24) is 15.0 Å². The molecule has 4 aromatic rings. The quantitative estimate of drug-likeness (QED) is 0.447. The minimum atomic E-state index is -0.314. The first-order valence-corrected chi connectivity index (χ1v) is 10.4. The van der Waals surface area contributed by atoms with Gasteiger partial charge in [-0.1, -0.05) is 6.07 Å². The number of carbonyl (C=O) groups excluding carboxylic acids is 1. The molecule has 4 rings (SSSR count). The zero-order chi connectivity index (χ0) is 23.9. The first-order chi connectivity index (χ1) is 16.6. The lowest BCUT2D eigenvalue weighted by Crippen LogP contribution is -2.13. The number of nitrogens with zero attached hydrogens (tertiary/aromatic N) is 4. The molecule has 8 nitrogen and oxygen atoms in total. The van der Waals surface area contributed by atoms with E-state index in [4.69, 9.17) is 9.47 Å². The van der Waals surface area contributed by atoms with Crippen molar-refractivity contribution in [2.24, 2.45) is 0 Å². The summed E-state index contributed by atoms with van der Waals surface area (Å²) in [5.74, 6) is 1.38. The highest BCUT2D eigenvalue weighted by atomic mass is 16.5. The number of pyridine rings is 1. The maximum Gasteiger partial charge on any atom is 0.274 e. The van der Waals surface area contributed by atoms with Gasteiger partial charge in [0.15, 0.2) is 0 Å². The molecule has 0 atom stereocenters. The molecular weight excluding hydrogens is 430 g/mol. The normalized spacial score (nSPS) is 10.3. The molecule has 0 unspecified atom stereocenters. The lowest BCUT2D eigenvalue weighted by atomic mass is 10.1. The van der Waals surface area contributed by atoms with Crippen LogP contribution in [0.1, 0.15) is 27.4 Å². The summed E-state index contributed by atoms with van der Waals surface area (Å²) < 4.78 is 10.6. The fourth-order valence-electron chi connectivity index (χ4n) is 3.43. The van der Waals surface area contributed by atoms with Gasteiger partial charge in [-0.25, -0.2) is 9.97 Å². The van der Waals surface area contributed by atoms with E-state index in [0.717, 1.165) is 11.1 Å². The highest BCUT2D eigenvalue weighted by Crippen LogP contribution is 2.26. The summed E-state index contributed by atoms with van der Waals surface area (Å²) in [6.45, 7) is 0. The maximum atomic E-state index is 12.5. The fourth-order valence-corrected chi connectivity index (χ4v) is 3.43. The van der Waals surface area contributed by atoms with Crippen LogP contribution in [0, 0.1) is 11.3 Å². The van der Waals surface area contributed by atoms with E-state index in [1.807, 2.05) is 18.2 Å². The van der Waals surface area contributed by atoms with Gasteiger partial charge in [0.1, 0.15) is 29.1 Å². The van der Waals surface area contributed by atoms with Gasteiger partial charge in [-0.05, 0) is 54.1 Å². The number of aromatic nitrogens is 3. The average molecular weight is 451 g/mol. The molecule has 34 heavy (non-hydrogen) atoms. The third-order valence-corrected chi connectivity index (χ3v) is 5.04. The predicted molar refractivity (Wildman–Crippen MR) is 127 cm³/mol. The lowest BCUT2D eigenvalue weighted by molar-refractivity contribution is 0.102. The van der Waals surface area contributed by atoms with Gasteiger partial charge in [-0.15, -0.1) is 0 Å². The summed E-state index contributed by atoms with van der Waals surface area (Å²) in [5, 5.41) is 12.2. The molecule has 0 spiro atoms. The summed E-state index contributed by atoms with van der Waals surface area (Å²) in [6.07, 6.45) is 3.66. The molecule has 1 amide bonds. The van der Waals surface area contributed by atoms with E-state index < -0.39 is 0 Å². The van der Waals surface area contributed by atoms with Crippen LogP contribution in [0.5, 0.6) is 11.5 Å². The Balaban J connectivity index is 1.59. The number of amides is 1. The van der Waals surface area contributed by atoms with Crippen LogP contribution in [-0.4, -0.2) is 35.1 Å². The zero-order valence-corrected chi connectivity index (χ0v) is 18.6. The predicted octanol–water partition coefficient (Wildman–Crippen LogP) is 4.27. The van der Waals surface area contributed by atoms with Crippen LogP contribution in [0.3, 0.4) is 0 Å². The Morgan fingerprint density at radius 3 is 2.62 bits per heavy atom. The SMILES string of the molecule is COc1cc(Cc2nccc(-c3ccc(OC)c(C#N)c3)n2)cc(NC(=O)c2ccccn2)c1. The monoisotopic (exact) mass is 451 g/mol. The van der Waals surface area contributed by atoms with E-state index in [9.17, 15) is 10.1 Å². The van der Waals surface area contributed by atoms with E-state index in [0.29, 0.717) is 46.4 Å². The molecule has 0 saturated carbocycles. The van der Waals surface area contributed by atoms with Crippen LogP contribution in [0.25, 0.3) is 11.3 Å². The van der Waals surface area contributed by atoms with Crippen molar-refractivity contribution in [3.63, 3.8) is 0 Å². The number of anilines is 1. The molecule has 2 aromatic carbocycles. The van der Waals surface area contributed by atoms with Crippen LogP contribution >= 0.6 is 0 Å². The molecule has 0 saturated heterocycles. The number of rotatable bonds is 7. The van der Waals surface area contributed by atoms with Crippen LogP contribution in [-0.2, 0) is 6.42 Å². The molecule has 8 heteroatoms. The molecule has 2 heterocycles. The largest absolute Gasteiger partial charge is 0.497 e. The fraction of sp³-hybridized carbons (Fsp3) is 0.115. The highest BCUT2D eigenvalue weighted by molar-refractivity contribution is 6.02. The van der Waals surface area contributed by atoms with Crippen molar-refractivity contribution < 1.29 is 14.3 Å². The van der Waals surface area contributed by atoms with Crippen molar-refractivity contribution in [3.8, 4) is 28.8 Å². The smallest absolute Gasteiger partial charge is 0.274 e. The molecule has 0 aliphatic heterocycles. The van der Waals surface area contributed by atoms with Crippen LogP contribution in [0.4, 0.5) is 5.69 Å². The van der Waals surface area contributed by atoms with E-state index in [1.165, 1.54) is 7.11 Å². The van der Waals surface area contributed by atoms with E-state index in [-0.39, 0.29) is 5.91 Å². The number of hydrogen-bond acceptors (Lipinski definition) is 7. The number of ether oxygens (including phenoxy) is 2. The highest BCUT2D eigenvalue weighted by Gasteiger charge is 2.11. The number of nitriles is 1. The number of methoxy groups -OCH3 is 2. The lowest BCUT2D eigenvalue weighted by Gasteiger charge is -2.11. The molecule has 1 N–H and O–H groups in total. The minimum absolute atomic E-state index is 0.314. The van der Waals surface area contributed by atoms with Gasteiger partial charge in [-0.3, -0.25) is 9.78 Å². The molecule has 0 aliphatic carbocycles. The van der Waals surface area contributed by atoms with E-state index in [1.54, 1.807) is 62.0 Å². The number of hydrogen-bond donors (Lipinski definition) is 1. The topological polar surface area (TPSA) is 110 Å². The van der Waals surface area contributed by atoms with Gasteiger partial charge in [-0.2, -0.15) is 5.26 Å². The third kappa shape index (κ3) is 5.16. The second kappa shape index (κ2) is 10.2. The number of carbonyl (C=O) groups is 1. The summed E-state index contributed by atoms with van der Waals surface area (Å²) in [4.78, 5) is 25.6. The van der Waals surface area contributed by atoms with Crippen LogP contribution in [0.15, 0.2) is 73.1 Å². The summed E-state index contributed by atoms with van der Waals surface area (Å²) >= 11 is 0. The second-order valence-corrected chi connectivity index (χ2v) is 7.30. The molecule has 2 aromatic heterocycles. The maximum absolute atomic E-state index is 12.5. The van der Waals surface area contributed by atoms with Crippen LogP contribution < -0.4 is 14.8 Å². The van der Waals surface area contributed by atoms with Gasteiger partial charge < -0.3 is 14.8 Å².